The van der Waals surface area contributed by atoms with Crippen molar-refractivity contribution >= 4 is 23.6 Å². The van der Waals surface area contributed by atoms with Crippen LogP contribution in [0.25, 0.3) is 0 Å². The van der Waals surface area contributed by atoms with Crippen LogP contribution in [0.1, 0.15) is 69.4 Å². The third-order valence-corrected chi connectivity index (χ3v) is 6.65. The van der Waals surface area contributed by atoms with Crippen LogP contribution in [0.3, 0.4) is 0 Å². The molecule has 2 saturated carbocycles. The monoisotopic (exact) mass is 412 g/mol. The molecule has 2 fully saturated rings. The fraction of sp³-hybridized carbons (Fsp3) is 0.636. The van der Waals surface area contributed by atoms with Crippen LogP contribution in [0.15, 0.2) is 18.3 Å². The standard InChI is InChI=1S/C22H32N6O2/c1-28(17-9-7-15(8-10-17)13-21(29)30-2)22-23-12-11-19(25-22)24-20-14-18(26-27-20)16-5-3-4-6-16/h11-12,14-17H,3-10,13H2,1-2H3,(H2,23,24,25,26,27). The van der Waals surface area contributed by atoms with Gasteiger partial charge in [-0.2, -0.15) is 10.1 Å². The van der Waals surface area contributed by atoms with Crippen molar-refractivity contribution in [3.05, 3.63) is 24.0 Å². The Morgan fingerprint density at radius 2 is 1.97 bits per heavy atom. The number of carbonyl (C=O) groups is 1. The van der Waals surface area contributed by atoms with E-state index in [9.17, 15) is 4.79 Å². The summed E-state index contributed by atoms with van der Waals surface area (Å²) in [5.41, 5.74) is 1.21. The van der Waals surface area contributed by atoms with E-state index in [1.165, 1.54) is 38.5 Å². The molecule has 0 aromatic carbocycles. The lowest BCUT2D eigenvalue weighted by molar-refractivity contribution is -0.142. The van der Waals surface area contributed by atoms with Crippen molar-refractivity contribution in [1.82, 2.24) is 20.2 Å². The summed E-state index contributed by atoms with van der Waals surface area (Å²) in [5, 5.41) is 10.9. The van der Waals surface area contributed by atoms with Crippen LogP contribution in [0.2, 0.25) is 0 Å². The summed E-state index contributed by atoms with van der Waals surface area (Å²) in [4.78, 5) is 22.9. The third kappa shape index (κ3) is 4.91. The molecule has 0 radical (unpaired) electrons. The molecule has 2 aromatic rings. The first-order valence-electron chi connectivity index (χ1n) is 11.1. The number of methoxy groups -OCH3 is 1. The van der Waals surface area contributed by atoms with Crippen molar-refractivity contribution in [1.29, 1.82) is 0 Å². The Labute approximate surface area is 177 Å². The Morgan fingerprint density at radius 1 is 1.20 bits per heavy atom. The number of carbonyl (C=O) groups excluding carboxylic acids is 1. The summed E-state index contributed by atoms with van der Waals surface area (Å²) in [5.74, 6) is 3.17. The second kappa shape index (κ2) is 9.45. The summed E-state index contributed by atoms with van der Waals surface area (Å²) >= 11 is 0. The van der Waals surface area contributed by atoms with Gasteiger partial charge in [-0.1, -0.05) is 12.8 Å². The molecule has 8 heteroatoms. The number of ether oxygens (including phenoxy) is 1. The van der Waals surface area contributed by atoms with Crippen molar-refractivity contribution in [3.8, 4) is 0 Å². The lowest BCUT2D eigenvalue weighted by Gasteiger charge is -2.34. The van der Waals surface area contributed by atoms with Gasteiger partial charge in [0.25, 0.3) is 0 Å². The number of aromatic nitrogens is 4. The van der Waals surface area contributed by atoms with Crippen LogP contribution in [0, 0.1) is 5.92 Å². The molecule has 0 spiro atoms. The van der Waals surface area contributed by atoms with Gasteiger partial charge in [-0.25, -0.2) is 4.98 Å². The minimum atomic E-state index is -0.108. The van der Waals surface area contributed by atoms with Gasteiger partial charge in [0.2, 0.25) is 5.95 Å². The van der Waals surface area contributed by atoms with Crippen molar-refractivity contribution < 1.29 is 9.53 Å². The molecule has 0 aliphatic heterocycles. The Bertz CT molecular complexity index is 840. The maximum atomic E-state index is 11.5. The van der Waals surface area contributed by atoms with Crippen LogP contribution in [-0.2, 0) is 9.53 Å². The predicted molar refractivity (Wildman–Crippen MR) is 116 cm³/mol. The highest BCUT2D eigenvalue weighted by atomic mass is 16.5. The minimum Gasteiger partial charge on any atom is -0.469 e. The number of anilines is 3. The highest BCUT2D eigenvalue weighted by Gasteiger charge is 2.27. The first-order chi connectivity index (χ1) is 14.6. The lowest BCUT2D eigenvalue weighted by Crippen LogP contribution is -2.36. The summed E-state index contributed by atoms with van der Waals surface area (Å²) in [6, 6.07) is 4.35. The molecule has 2 aliphatic carbocycles. The molecule has 162 valence electrons. The van der Waals surface area contributed by atoms with Gasteiger partial charge in [0.15, 0.2) is 5.82 Å². The molecule has 0 amide bonds. The number of esters is 1. The zero-order chi connectivity index (χ0) is 20.9. The van der Waals surface area contributed by atoms with Gasteiger partial charge in [0.05, 0.1) is 7.11 Å². The minimum absolute atomic E-state index is 0.108. The first-order valence-corrected chi connectivity index (χ1v) is 11.1. The van der Waals surface area contributed by atoms with Crippen molar-refractivity contribution in [2.24, 2.45) is 5.92 Å². The van der Waals surface area contributed by atoms with Gasteiger partial charge < -0.3 is 15.0 Å². The molecule has 0 atom stereocenters. The smallest absolute Gasteiger partial charge is 0.305 e. The molecule has 2 aliphatic rings. The van der Waals surface area contributed by atoms with E-state index in [0.717, 1.165) is 37.3 Å². The third-order valence-electron chi connectivity index (χ3n) is 6.65. The lowest BCUT2D eigenvalue weighted by atomic mass is 9.83. The Balaban J connectivity index is 1.34. The zero-order valence-electron chi connectivity index (χ0n) is 17.9. The molecule has 30 heavy (non-hydrogen) atoms. The van der Waals surface area contributed by atoms with Crippen LogP contribution >= 0.6 is 0 Å². The summed E-state index contributed by atoms with van der Waals surface area (Å²) in [6.07, 6.45) is 11.5. The average molecular weight is 413 g/mol. The Hall–Kier alpha value is -2.64. The quantitative estimate of drug-likeness (QED) is 0.659. The molecular weight excluding hydrogens is 380 g/mol. The van der Waals surface area contributed by atoms with E-state index in [0.29, 0.717) is 30.2 Å². The van der Waals surface area contributed by atoms with Gasteiger partial charge >= 0.3 is 5.97 Å². The number of nitrogens with zero attached hydrogens (tertiary/aromatic N) is 4. The summed E-state index contributed by atoms with van der Waals surface area (Å²) in [6.45, 7) is 0. The van der Waals surface area contributed by atoms with Gasteiger partial charge in [-0.05, 0) is 50.5 Å². The summed E-state index contributed by atoms with van der Waals surface area (Å²) in [7, 11) is 3.51. The number of aromatic amines is 1. The van der Waals surface area contributed by atoms with Crippen molar-refractivity contribution in [3.63, 3.8) is 0 Å². The molecule has 4 rings (SSSR count). The number of hydrogen-bond acceptors (Lipinski definition) is 7. The highest BCUT2D eigenvalue weighted by Crippen LogP contribution is 2.34. The molecule has 2 aromatic heterocycles. The van der Waals surface area contributed by atoms with E-state index in [-0.39, 0.29) is 5.97 Å². The Kier molecular flexibility index (Phi) is 6.50. The normalized spacial score (nSPS) is 22.1. The van der Waals surface area contributed by atoms with E-state index in [1.54, 1.807) is 6.20 Å². The number of hydrogen-bond donors (Lipinski definition) is 2. The molecule has 8 nitrogen and oxygen atoms in total. The second-order valence-electron chi connectivity index (χ2n) is 8.62. The van der Waals surface area contributed by atoms with Crippen LogP contribution in [-0.4, -0.2) is 46.3 Å². The van der Waals surface area contributed by atoms with Crippen LogP contribution in [0.5, 0.6) is 0 Å². The molecule has 0 saturated heterocycles. The predicted octanol–water partition coefficient (Wildman–Crippen LogP) is 4.16. The van der Waals surface area contributed by atoms with E-state index in [4.69, 9.17) is 9.72 Å². The molecule has 0 bridgehead atoms. The van der Waals surface area contributed by atoms with E-state index >= 15 is 0 Å². The second-order valence-corrected chi connectivity index (χ2v) is 8.62. The Morgan fingerprint density at radius 3 is 2.70 bits per heavy atom. The van der Waals surface area contributed by atoms with Crippen molar-refractivity contribution in [2.45, 2.75) is 69.7 Å². The largest absolute Gasteiger partial charge is 0.469 e. The van der Waals surface area contributed by atoms with Gasteiger partial charge in [0, 0.05) is 43.4 Å². The maximum absolute atomic E-state index is 11.5. The van der Waals surface area contributed by atoms with Gasteiger partial charge in [-0.15, -0.1) is 0 Å². The number of rotatable bonds is 7. The van der Waals surface area contributed by atoms with E-state index in [2.05, 4.69) is 38.5 Å². The zero-order valence-corrected chi connectivity index (χ0v) is 17.9. The van der Waals surface area contributed by atoms with Gasteiger partial charge in [0.1, 0.15) is 5.82 Å². The molecular formula is C22H32N6O2. The van der Waals surface area contributed by atoms with Crippen molar-refractivity contribution in [2.75, 3.05) is 24.4 Å². The molecule has 2 N–H and O–H groups in total. The topological polar surface area (TPSA) is 96.0 Å². The van der Waals surface area contributed by atoms with Crippen LogP contribution in [0.4, 0.5) is 17.6 Å². The molecule has 2 heterocycles. The van der Waals surface area contributed by atoms with Gasteiger partial charge in [-0.3, -0.25) is 9.89 Å². The molecule has 0 unspecified atom stereocenters. The summed E-state index contributed by atoms with van der Waals surface area (Å²) < 4.78 is 4.81. The average Bonchev–Trinajstić information content (AvgIpc) is 3.46. The highest BCUT2D eigenvalue weighted by molar-refractivity contribution is 5.69. The maximum Gasteiger partial charge on any atom is 0.305 e. The van der Waals surface area contributed by atoms with Crippen LogP contribution < -0.4 is 10.2 Å². The fourth-order valence-electron chi connectivity index (χ4n) is 4.78. The SMILES string of the molecule is COC(=O)CC1CCC(N(C)c2nccc(Nc3cc(C4CCCC4)[nH]n3)n2)CC1. The first kappa shape index (κ1) is 20.6. The van der Waals surface area contributed by atoms with E-state index in [1.807, 2.05) is 6.07 Å². The number of nitrogens with one attached hydrogen (secondary N) is 2. The number of H-pyrrole nitrogens is 1. The van der Waals surface area contributed by atoms with E-state index < -0.39 is 0 Å². The fourth-order valence-corrected chi connectivity index (χ4v) is 4.78.